The number of nitrogens with one attached hydrogen (secondary N) is 3. The van der Waals surface area contributed by atoms with Gasteiger partial charge in [-0.15, -0.1) is 24.0 Å². The average molecular weight is 509 g/mol. The van der Waals surface area contributed by atoms with E-state index in [4.69, 9.17) is 4.99 Å². The van der Waals surface area contributed by atoms with Gasteiger partial charge in [0.05, 0.1) is 12.8 Å². The first-order valence-corrected chi connectivity index (χ1v) is 11.1. The van der Waals surface area contributed by atoms with Crippen molar-refractivity contribution in [1.82, 2.24) is 20.3 Å². The molecule has 27 heavy (non-hydrogen) atoms. The molecular formula is C18H32IN5O2S. The van der Waals surface area contributed by atoms with Gasteiger partial charge in [0.1, 0.15) is 0 Å². The topological polar surface area (TPSA) is 85.8 Å². The Hall–Kier alpha value is -0.910. The second-order valence-electron chi connectivity index (χ2n) is 6.57. The van der Waals surface area contributed by atoms with Gasteiger partial charge in [-0.3, -0.25) is 9.89 Å². The van der Waals surface area contributed by atoms with Gasteiger partial charge in [-0.1, -0.05) is 30.3 Å². The van der Waals surface area contributed by atoms with Crippen LogP contribution in [0.2, 0.25) is 0 Å². The van der Waals surface area contributed by atoms with Gasteiger partial charge in [0, 0.05) is 32.2 Å². The summed E-state index contributed by atoms with van der Waals surface area (Å²) in [6.07, 6.45) is 3.52. The van der Waals surface area contributed by atoms with Gasteiger partial charge in [0.15, 0.2) is 5.96 Å². The van der Waals surface area contributed by atoms with Gasteiger partial charge in [0.2, 0.25) is 10.0 Å². The van der Waals surface area contributed by atoms with Crippen molar-refractivity contribution in [2.24, 2.45) is 4.99 Å². The number of halogens is 1. The van der Waals surface area contributed by atoms with E-state index in [1.807, 2.05) is 13.0 Å². The van der Waals surface area contributed by atoms with Crippen LogP contribution in [-0.4, -0.2) is 64.3 Å². The van der Waals surface area contributed by atoms with Crippen molar-refractivity contribution in [1.29, 1.82) is 0 Å². The molecule has 1 fully saturated rings. The van der Waals surface area contributed by atoms with Crippen molar-refractivity contribution >= 4 is 40.0 Å². The molecule has 1 heterocycles. The Kier molecular flexibility index (Phi) is 11.2. The fraction of sp³-hybridized carbons (Fsp3) is 0.611. The van der Waals surface area contributed by atoms with Crippen molar-refractivity contribution in [3.63, 3.8) is 0 Å². The van der Waals surface area contributed by atoms with Crippen LogP contribution in [0.4, 0.5) is 0 Å². The fourth-order valence-corrected chi connectivity index (χ4v) is 3.56. The second kappa shape index (κ2) is 12.5. The summed E-state index contributed by atoms with van der Waals surface area (Å²) in [4.78, 5) is 7.19. The van der Waals surface area contributed by atoms with Crippen LogP contribution in [0.15, 0.2) is 35.3 Å². The van der Waals surface area contributed by atoms with Crippen LogP contribution < -0.4 is 15.4 Å². The van der Waals surface area contributed by atoms with E-state index >= 15 is 0 Å². The quantitative estimate of drug-likeness (QED) is 0.203. The summed E-state index contributed by atoms with van der Waals surface area (Å²) in [6.45, 7) is 6.43. The summed E-state index contributed by atoms with van der Waals surface area (Å²) in [5.41, 5.74) is 1.33. The molecule has 0 amide bonds. The first-order chi connectivity index (χ1) is 12.5. The number of rotatable bonds is 9. The molecule has 1 aromatic rings. The average Bonchev–Trinajstić information content (AvgIpc) is 3.03. The molecule has 0 radical (unpaired) electrons. The minimum absolute atomic E-state index is 0. The Bertz CT molecular complexity index is 670. The standard InChI is InChI=1S/C18H31N5O2S.HI/c1-3-19-18(20-11-12-22-26(2,24)25)21-14-17-10-7-13-23(17)15-16-8-5-4-6-9-16;/h4-6,8-9,17,22H,3,7,10-15H2,1-2H3,(H2,19,20,21);1H. The van der Waals surface area contributed by atoms with E-state index in [9.17, 15) is 8.42 Å². The van der Waals surface area contributed by atoms with Crippen molar-refractivity contribution < 1.29 is 8.42 Å². The number of guanidine groups is 1. The highest BCUT2D eigenvalue weighted by Gasteiger charge is 2.24. The fourth-order valence-electron chi connectivity index (χ4n) is 3.08. The number of sulfonamides is 1. The van der Waals surface area contributed by atoms with Crippen molar-refractivity contribution in [3.8, 4) is 0 Å². The molecule has 1 aromatic carbocycles. The molecule has 0 bridgehead atoms. The number of hydrogen-bond acceptors (Lipinski definition) is 4. The summed E-state index contributed by atoms with van der Waals surface area (Å²) in [5, 5.41) is 6.39. The van der Waals surface area contributed by atoms with Crippen LogP contribution >= 0.6 is 24.0 Å². The monoisotopic (exact) mass is 509 g/mol. The van der Waals surface area contributed by atoms with Gasteiger partial charge in [0.25, 0.3) is 0 Å². The number of nitrogens with zero attached hydrogens (tertiary/aromatic N) is 2. The van der Waals surface area contributed by atoms with Gasteiger partial charge in [-0.05, 0) is 31.9 Å². The molecule has 0 saturated carbocycles. The minimum Gasteiger partial charge on any atom is -0.357 e. The molecule has 1 aliphatic rings. The Labute approximate surface area is 180 Å². The number of benzene rings is 1. The highest BCUT2D eigenvalue weighted by molar-refractivity contribution is 14.0. The Morgan fingerprint density at radius 3 is 2.63 bits per heavy atom. The zero-order valence-electron chi connectivity index (χ0n) is 16.1. The minimum atomic E-state index is -3.15. The lowest BCUT2D eigenvalue weighted by molar-refractivity contribution is 0.250. The van der Waals surface area contributed by atoms with E-state index in [-0.39, 0.29) is 24.0 Å². The van der Waals surface area contributed by atoms with E-state index < -0.39 is 10.0 Å². The molecule has 1 aliphatic heterocycles. The van der Waals surface area contributed by atoms with Crippen LogP contribution in [0.3, 0.4) is 0 Å². The first-order valence-electron chi connectivity index (χ1n) is 9.22. The third-order valence-corrected chi connectivity index (χ3v) is 5.04. The number of likely N-dealkylation sites (tertiary alicyclic amines) is 1. The molecule has 0 aromatic heterocycles. The van der Waals surface area contributed by atoms with Gasteiger partial charge < -0.3 is 10.6 Å². The van der Waals surface area contributed by atoms with Crippen molar-refractivity contribution in [2.45, 2.75) is 32.4 Å². The van der Waals surface area contributed by atoms with E-state index in [2.05, 4.69) is 44.5 Å². The summed E-state index contributed by atoms with van der Waals surface area (Å²) in [5.74, 6) is 0.731. The van der Waals surface area contributed by atoms with Crippen LogP contribution in [0.5, 0.6) is 0 Å². The predicted octanol–water partition coefficient (Wildman–Crippen LogP) is 1.37. The van der Waals surface area contributed by atoms with E-state index in [0.717, 1.165) is 44.8 Å². The zero-order chi connectivity index (χ0) is 18.8. The lowest BCUT2D eigenvalue weighted by atomic mass is 10.2. The largest absolute Gasteiger partial charge is 0.357 e. The van der Waals surface area contributed by atoms with Crippen LogP contribution in [0, 0.1) is 0 Å². The number of aliphatic imine (C=N–C) groups is 1. The predicted molar refractivity (Wildman–Crippen MR) is 122 cm³/mol. The molecular weight excluding hydrogens is 477 g/mol. The van der Waals surface area contributed by atoms with E-state index in [0.29, 0.717) is 19.1 Å². The third kappa shape index (κ3) is 9.72. The smallest absolute Gasteiger partial charge is 0.208 e. The van der Waals surface area contributed by atoms with Gasteiger partial charge in [-0.2, -0.15) is 0 Å². The lowest BCUT2D eigenvalue weighted by Crippen LogP contribution is -2.42. The highest BCUT2D eigenvalue weighted by Crippen LogP contribution is 2.20. The lowest BCUT2D eigenvalue weighted by Gasteiger charge is -2.23. The van der Waals surface area contributed by atoms with E-state index in [1.54, 1.807) is 0 Å². The maximum atomic E-state index is 11.1. The molecule has 1 saturated heterocycles. The maximum absolute atomic E-state index is 11.1. The van der Waals surface area contributed by atoms with Crippen molar-refractivity contribution in [2.75, 3.05) is 39.0 Å². The zero-order valence-corrected chi connectivity index (χ0v) is 19.3. The molecule has 9 heteroatoms. The molecule has 7 nitrogen and oxygen atoms in total. The summed E-state index contributed by atoms with van der Waals surface area (Å²) >= 11 is 0. The van der Waals surface area contributed by atoms with E-state index in [1.165, 1.54) is 12.0 Å². The molecule has 1 atom stereocenters. The summed E-state index contributed by atoms with van der Waals surface area (Å²) in [7, 11) is -3.15. The summed E-state index contributed by atoms with van der Waals surface area (Å²) < 4.78 is 24.7. The van der Waals surface area contributed by atoms with Gasteiger partial charge in [-0.25, -0.2) is 13.1 Å². The van der Waals surface area contributed by atoms with Crippen LogP contribution in [0.25, 0.3) is 0 Å². The molecule has 3 N–H and O–H groups in total. The molecule has 154 valence electrons. The highest BCUT2D eigenvalue weighted by atomic mass is 127. The Balaban J connectivity index is 0.00000364. The SMILES string of the molecule is CCNC(=NCC1CCCN1Cc1ccccc1)NCCNS(C)(=O)=O.I. The third-order valence-electron chi connectivity index (χ3n) is 4.31. The normalized spacial score (nSPS) is 18.1. The van der Waals surface area contributed by atoms with Gasteiger partial charge >= 0.3 is 0 Å². The Morgan fingerprint density at radius 1 is 1.22 bits per heavy atom. The Morgan fingerprint density at radius 2 is 1.96 bits per heavy atom. The second-order valence-corrected chi connectivity index (χ2v) is 8.40. The number of hydrogen-bond donors (Lipinski definition) is 3. The first kappa shape index (κ1) is 24.1. The molecule has 0 spiro atoms. The van der Waals surface area contributed by atoms with Crippen LogP contribution in [-0.2, 0) is 16.6 Å². The molecule has 0 aliphatic carbocycles. The summed E-state index contributed by atoms with van der Waals surface area (Å²) in [6, 6.07) is 11.0. The van der Waals surface area contributed by atoms with Crippen LogP contribution in [0.1, 0.15) is 25.3 Å². The maximum Gasteiger partial charge on any atom is 0.208 e. The van der Waals surface area contributed by atoms with Crippen molar-refractivity contribution in [3.05, 3.63) is 35.9 Å². The molecule has 2 rings (SSSR count). The molecule has 1 unspecified atom stereocenters.